The summed E-state index contributed by atoms with van der Waals surface area (Å²) in [6.07, 6.45) is 5.44. The molecule has 0 N–H and O–H groups in total. The zero-order valence-corrected chi connectivity index (χ0v) is 20.0. The number of hydrogen-bond donors (Lipinski definition) is 0. The van der Waals surface area contributed by atoms with E-state index in [2.05, 4.69) is 9.98 Å². The first-order chi connectivity index (χ1) is 16.1. The van der Waals surface area contributed by atoms with Crippen LogP contribution in [0.25, 0.3) is 16.9 Å². The molecule has 0 atom stereocenters. The third kappa shape index (κ3) is 4.40. The highest BCUT2D eigenvalue weighted by Gasteiger charge is 2.17. The van der Waals surface area contributed by atoms with E-state index in [1.807, 2.05) is 64.1 Å². The number of imidazole rings is 1. The Kier molecular flexibility index (Phi) is 6.60. The van der Waals surface area contributed by atoms with Crippen molar-refractivity contribution in [2.24, 2.45) is 10.1 Å². The third-order valence-electron chi connectivity index (χ3n) is 5.17. The fraction of sp³-hybridized carbons (Fsp3) is 0.208. The van der Waals surface area contributed by atoms with Gasteiger partial charge in [0.25, 0.3) is 0 Å². The molecule has 2 aromatic carbocycles. The molecule has 0 aliphatic carbocycles. The van der Waals surface area contributed by atoms with Crippen LogP contribution in [0.5, 0.6) is 17.2 Å². The Balaban J connectivity index is 1.77. The highest BCUT2D eigenvalue weighted by Crippen LogP contribution is 2.41. The van der Waals surface area contributed by atoms with Crippen molar-refractivity contribution < 1.29 is 14.2 Å². The van der Waals surface area contributed by atoms with Crippen molar-refractivity contribution in [3.05, 3.63) is 70.9 Å². The first-order valence-corrected chi connectivity index (χ1v) is 11.1. The summed E-state index contributed by atoms with van der Waals surface area (Å²) in [5, 5.41) is 6.92. The van der Waals surface area contributed by atoms with Gasteiger partial charge in [-0.25, -0.2) is 9.66 Å². The molecule has 4 aromatic rings. The highest BCUT2D eigenvalue weighted by atomic mass is 32.1. The van der Waals surface area contributed by atoms with E-state index in [1.54, 1.807) is 40.9 Å². The van der Waals surface area contributed by atoms with Crippen molar-refractivity contribution >= 4 is 17.0 Å². The molecule has 0 radical (unpaired) electrons. The smallest absolute Gasteiger partial charge is 0.205 e. The SMILES string of the molecule is CN=c1scc(-c2cc(OC)c(OC)c(OC)c2)n1N=C(C)c1ccc(-n2ccnc2)cc1. The molecule has 0 aliphatic heterocycles. The van der Waals surface area contributed by atoms with Gasteiger partial charge in [0.2, 0.25) is 10.6 Å². The van der Waals surface area contributed by atoms with Crippen LogP contribution in [0.3, 0.4) is 0 Å². The lowest BCUT2D eigenvalue weighted by atomic mass is 10.1. The number of hydrogen-bond acceptors (Lipinski definition) is 7. The molecule has 0 saturated heterocycles. The molecule has 4 rings (SSSR count). The second kappa shape index (κ2) is 9.74. The normalized spacial score (nSPS) is 12.2. The third-order valence-corrected chi connectivity index (χ3v) is 6.08. The Bertz CT molecular complexity index is 1310. The summed E-state index contributed by atoms with van der Waals surface area (Å²) >= 11 is 1.51. The van der Waals surface area contributed by atoms with Crippen LogP contribution in [0.1, 0.15) is 12.5 Å². The molecular weight excluding hydrogens is 438 g/mol. The van der Waals surface area contributed by atoms with E-state index >= 15 is 0 Å². The molecule has 0 saturated carbocycles. The molecule has 170 valence electrons. The van der Waals surface area contributed by atoms with Crippen LogP contribution in [0.2, 0.25) is 0 Å². The fourth-order valence-electron chi connectivity index (χ4n) is 3.47. The molecule has 33 heavy (non-hydrogen) atoms. The van der Waals surface area contributed by atoms with E-state index < -0.39 is 0 Å². The van der Waals surface area contributed by atoms with Gasteiger partial charge in [0, 0.05) is 36.1 Å². The predicted molar refractivity (Wildman–Crippen MR) is 130 cm³/mol. The van der Waals surface area contributed by atoms with Gasteiger partial charge in [-0.3, -0.25) is 4.99 Å². The Morgan fingerprint density at radius 2 is 1.70 bits per heavy atom. The van der Waals surface area contributed by atoms with Crippen LogP contribution in [0.4, 0.5) is 0 Å². The lowest BCUT2D eigenvalue weighted by Crippen LogP contribution is -2.14. The Labute approximate surface area is 196 Å². The zero-order chi connectivity index (χ0) is 23.4. The monoisotopic (exact) mass is 463 g/mol. The number of ether oxygens (including phenoxy) is 3. The van der Waals surface area contributed by atoms with Crippen LogP contribution in [-0.4, -0.2) is 48.3 Å². The van der Waals surface area contributed by atoms with Crippen LogP contribution in [-0.2, 0) is 0 Å². The number of methoxy groups -OCH3 is 3. The molecule has 0 spiro atoms. The minimum Gasteiger partial charge on any atom is -0.493 e. The molecule has 2 aromatic heterocycles. The van der Waals surface area contributed by atoms with Crippen LogP contribution in [0.15, 0.2) is 70.6 Å². The van der Waals surface area contributed by atoms with Gasteiger partial charge in [0.1, 0.15) is 0 Å². The maximum absolute atomic E-state index is 5.53. The lowest BCUT2D eigenvalue weighted by molar-refractivity contribution is 0.324. The van der Waals surface area contributed by atoms with Crippen LogP contribution < -0.4 is 19.0 Å². The van der Waals surface area contributed by atoms with E-state index in [4.69, 9.17) is 19.3 Å². The van der Waals surface area contributed by atoms with E-state index in [9.17, 15) is 0 Å². The molecule has 9 heteroatoms. The minimum atomic E-state index is 0.545. The van der Waals surface area contributed by atoms with Gasteiger partial charge in [-0.15, -0.1) is 11.3 Å². The Morgan fingerprint density at radius 3 is 2.24 bits per heavy atom. The van der Waals surface area contributed by atoms with Gasteiger partial charge < -0.3 is 18.8 Å². The first kappa shape index (κ1) is 22.3. The molecular formula is C24H25N5O3S. The molecule has 0 unspecified atom stereocenters. The number of benzene rings is 2. The molecule has 0 fully saturated rings. The van der Waals surface area contributed by atoms with Gasteiger partial charge >= 0.3 is 0 Å². The van der Waals surface area contributed by atoms with Crippen molar-refractivity contribution in [3.63, 3.8) is 0 Å². The quantitative estimate of drug-likeness (QED) is 0.385. The summed E-state index contributed by atoms with van der Waals surface area (Å²) in [6.45, 7) is 1.98. The predicted octanol–water partition coefficient (Wildman–Crippen LogP) is 4.23. The number of aromatic nitrogens is 3. The summed E-state index contributed by atoms with van der Waals surface area (Å²) in [5.74, 6) is 1.70. The average Bonchev–Trinajstić information content (AvgIpc) is 3.53. The Morgan fingerprint density at radius 1 is 1.00 bits per heavy atom. The standard InChI is InChI=1S/C24H25N5O3S/c1-16(17-6-8-19(9-7-17)28-11-10-26-15-28)27-29-20(14-33-24(29)25-2)18-12-21(30-3)23(32-5)22(13-18)31-4/h6-15H,1-5H3. The summed E-state index contributed by atoms with van der Waals surface area (Å²) in [5.41, 5.74) is 4.65. The van der Waals surface area contributed by atoms with Gasteiger partial charge in [-0.2, -0.15) is 5.10 Å². The zero-order valence-electron chi connectivity index (χ0n) is 19.1. The second-order valence-electron chi connectivity index (χ2n) is 7.06. The topological polar surface area (TPSA) is 75.2 Å². The van der Waals surface area contributed by atoms with Crippen molar-refractivity contribution in [3.8, 4) is 34.2 Å². The summed E-state index contributed by atoms with van der Waals surface area (Å²) < 4.78 is 20.3. The Hall–Kier alpha value is -3.85. The van der Waals surface area contributed by atoms with Crippen molar-refractivity contribution in [2.45, 2.75) is 6.92 Å². The molecule has 0 aliphatic rings. The van der Waals surface area contributed by atoms with E-state index in [1.165, 1.54) is 11.3 Å². The van der Waals surface area contributed by atoms with E-state index in [-0.39, 0.29) is 0 Å². The highest BCUT2D eigenvalue weighted by molar-refractivity contribution is 7.07. The van der Waals surface area contributed by atoms with Crippen molar-refractivity contribution in [1.82, 2.24) is 14.2 Å². The van der Waals surface area contributed by atoms with Gasteiger partial charge in [0.05, 0.1) is 39.1 Å². The van der Waals surface area contributed by atoms with Crippen molar-refractivity contribution in [2.75, 3.05) is 28.4 Å². The first-order valence-electron chi connectivity index (χ1n) is 10.2. The average molecular weight is 464 g/mol. The van der Waals surface area contributed by atoms with Crippen molar-refractivity contribution in [1.29, 1.82) is 0 Å². The molecule has 0 bridgehead atoms. The van der Waals surface area contributed by atoms with E-state index in [0.717, 1.165) is 33.0 Å². The van der Waals surface area contributed by atoms with E-state index in [0.29, 0.717) is 17.2 Å². The number of rotatable bonds is 7. The van der Waals surface area contributed by atoms with Gasteiger partial charge in [0.15, 0.2) is 11.5 Å². The molecule has 2 heterocycles. The number of thiazole rings is 1. The summed E-state index contributed by atoms with van der Waals surface area (Å²) in [4.78, 5) is 9.28. The van der Waals surface area contributed by atoms with Crippen LogP contribution in [0, 0.1) is 0 Å². The molecule has 8 nitrogen and oxygen atoms in total. The number of nitrogens with zero attached hydrogens (tertiary/aromatic N) is 5. The van der Waals surface area contributed by atoms with Gasteiger partial charge in [-0.05, 0) is 36.8 Å². The second-order valence-corrected chi connectivity index (χ2v) is 7.89. The fourth-order valence-corrected chi connectivity index (χ4v) is 4.27. The summed E-state index contributed by atoms with van der Waals surface area (Å²) in [6, 6.07) is 12.0. The lowest BCUT2D eigenvalue weighted by Gasteiger charge is -2.14. The van der Waals surface area contributed by atoms with Crippen LogP contribution >= 0.6 is 11.3 Å². The maximum atomic E-state index is 5.53. The largest absolute Gasteiger partial charge is 0.493 e. The minimum absolute atomic E-state index is 0.545. The summed E-state index contributed by atoms with van der Waals surface area (Å²) in [7, 11) is 6.55. The maximum Gasteiger partial charge on any atom is 0.205 e. The molecule has 0 amide bonds. The van der Waals surface area contributed by atoms with Gasteiger partial charge in [-0.1, -0.05) is 12.1 Å².